The average molecular weight is 336 g/mol. The molecule has 120 valence electrons. The van der Waals surface area contributed by atoms with E-state index in [-0.39, 0.29) is 17.0 Å². The number of nitrogens with one attached hydrogen (secondary N) is 2. The number of aromatic amines is 1. The third-order valence-electron chi connectivity index (χ3n) is 3.06. The number of carboxylic acids is 1. The molecule has 0 aliphatic rings. The van der Waals surface area contributed by atoms with Crippen LogP contribution in [-0.4, -0.2) is 33.8 Å². The molecule has 0 fully saturated rings. The molecule has 2 aromatic rings. The maximum Gasteiger partial charge on any atom is 0.305 e. The number of H-pyrrole nitrogens is 1. The zero-order valence-electron chi connectivity index (χ0n) is 11.9. The van der Waals surface area contributed by atoms with Gasteiger partial charge >= 0.3 is 5.97 Å². The third-order valence-corrected chi connectivity index (χ3v) is 3.29. The Bertz CT molecular complexity index is 743. The number of nitrogens with two attached hydrogens (primary N) is 1. The number of carbonyl (C=O) groups is 3. The molecule has 0 saturated carbocycles. The quantitative estimate of drug-likeness (QED) is 0.597. The first-order valence-corrected chi connectivity index (χ1v) is 7.02. The fourth-order valence-corrected chi connectivity index (χ4v) is 2.11. The van der Waals surface area contributed by atoms with E-state index in [0.29, 0.717) is 10.7 Å². The molecular formula is C15H14ClN3O4. The van der Waals surface area contributed by atoms with Crippen LogP contribution in [0.3, 0.4) is 0 Å². The van der Waals surface area contributed by atoms with Crippen LogP contribution < -0.4 is 11.1 Å². The summed E-state index contributed by atoms with van der Waals surface area (Å²) in [5, 5.41) is 11.5. The molecule has 1 heterocycles. The normalized spacial score (nSPS) is 11.7. The standard InChI is InChI=1S/C15H14ClN3O4/c16-8-3-4-11(19-15(23)10(17)7-13(20)21)9(6-8)14(22)12-2-1-5-18-12/h1-6,10,18H,7,17H2,(H,19,23)(H,20,21)/t10-/m0/s1. The predicted molar refractivity (Wildman–Crippen MR) is 84.5 cm³/mol. The first-order chi connectivity index (χ1) is 10.9. The number of rotatable bonds is 6. The van der Waals surface area contributed by atoms with Gasteiger partial charge in [0.15, 0.2) is 0 Å². The SMILES string of the molecule is N[C@@H](CC(=O)O)C(=O)Nc1ccc(Cl)cc1C(=O)c1ccc[nH]1. The second-order valence-corrected chi connectivity index (χ2v) is 5.23. The van der Waals surface area contributed by atoms with Gasteiger partial charge in [-0.15, -0.1) is 0 Å². The molecule has 0 aliphatic heterocycles. The number of carboxylic acid groups (broad SMARTS) is 1. The molecule has 8 heteroatoms. The summed E-state index contributed by atoms with van der Waals surface area (Å²) in [5.41, 5.74) is 6.22. The Morgan fingerprint density at radius 1 is 1.30 bits per heavy atom. The van der Waals surface area contributed by atoms with Crippen LogP contribution in [0.4, 0.5) is 5.69 Å². The van der Waals surface area contributed by atoms with Gasteiger partial charge in [0.05, 0.1) is 23.8 Å². The Labute approximate surface area is 136 Å². The van der Waals surface area contributed by atoms with Crippen molar-refractivity contribution in [3.05, 3.63) is 52.8 Å². The van der Waals surface area contributed by atoms with Crippen molar-refractivity contribution >= 4 is 34.9 Å². The lowest BCUT2D eigenvalue weighted by Gasteiger charge is -2.13. The summed E-state index contributed by atoms with van der Waals surface area (Å²) in [6.07, 6.45) is 1.08. The highest BCUT2D eigenvalue weighted by molar-refractivity contribution is 6.31. The number of ketones is 1. The highest BCUT2D eigenvalue weighted by Crippen LogP contribution is 2.23. The van der Waals surface area contributed by atoms with Crippen LogP contribution >= 0.6 is 11.6 Å². The van der Waals surface area contributed by atoms with E-state index in [2.05, 4.69) is 10.3 Å². The molecule has 0 saturated heterocycles. The second-order valence-electron chi connectivity index (χ2n) is 4.80. The summed E-state index contributed by atoms with van der Waals surface area (Å²) in [6.45, 7) is 0. The van der Waals surface area contributed by atoms with E-state index in [4.69, 9.17) is 22.4 Å². The van der Waals surface area contributed by atoms with E-state index >= 15 is 0 Å². The molecule has 7 nitrogen and oxygen atoms in total. The summed E-state index contributed by atoms with van der Waals surface area (Å²) in [6, 6.07) is 6.42. The molecule has 0 spiro atoms. The van der Waals surface area contributed by atoms with Gasteiger partial charge in [0.1, 0.15) is 0 Å². The molecule has 2 rings (SSSR count). The molecule has 0 radical (unpaired) electrons. The Morgan fingerprint density at radius 3 is 2.65 bits per heavy atom. The summed E-state index contributed by atoms with van der Waals surface area (Å²) >= 11 is 5.91. The summed E-state index contributed by atoms with van der Waals surface area (Å²) in [5.74, 6) is -2.25. The van der Waals surface area contributed by atoms with Crippen LogP contribution in [0.15, 0.2) is 36.5 Å². The fraction of sp³-hybridized carbons (Fsp3) is 0.133. The molecule has 1 aromatic carbocycles. The van der Waals surface area contributed by atoms with E-state index in [0.717, 1.165) is 0 Å². The van der Waals surface area contributed by atoms with Crippen molar-refractivity contribution in [2.75, 3.05) is 5.32 Å². The smallest absolute Gasteiger partial charge is 0.305 e. The summed E-state index contributed by atoms with van der Waals surface area (Å²) in [4.78, 5) is 37.8. The number of hydrogen-bond acceptors (Lipinski definition) is 4. The lowest BCUT2D eigenvalue weighted by molar-refractivity contribution is -0.138. The van der Waals surface area contributed by atoms with Crippen molar-refractivity contribution in [1.82, 2.24) is 4.98 Å². The molecular weight excluding hydrogens is 322 g/mol. The largest absolute Gasteiger partial charge is 0.481 e. The molecule has 23 heavy (non-hydrogen) atoms. The van der Waals surface area contributed by atoms with Crippen molar-refractivity contribution in [3.63, 3.8) is 0 Å². The first kappa shape index (κ1) is 16.7. The van der Waals surface area contributed by atoms with Crippen molar-refractivity contribution in [1.29, 1.82) is 0 Å². The number of carbonyl (C=O) groups excluding carboxylic acids is 2. The minimum atomic E-state index is -1.23. The zero-order valence-corrected chi connectivity index (χ0v) is 12.6. The molecule has 1 amide bonds. The van der Waals surface area contributed by atoms with Gasteiger partial charge < -0.3 is 21.1 Å². The Hall–Kier alpha value is -2.64. The van der Waals surface area contributed by atoms with Crippen molar-refractivity contribution in [3.8, 4) is 0 Å². The molecule has 0 aliphatic carbocycles. The van der Waals surface area contributed by atoms with Crippen LogP contribution in [0.5, 0.6) is 0 Å². The van der Waals surface area contributed by atoms with Gasteiger partial charge in [-0.05, 0) is 30.3 Å². The monoisotopic (exact) mass is 335 g/mol. The highest BCUT2D eigenvalue weighted by atomic mass is 35.5. The van der Waals surface area contributed by atoms with Gasteiger partial charge in [-0.1, -0.05) is 11.6 Å². The van der Waals surface area contributed by atoms with Gasteiger partial charge in [0.2, 0.25) is 11.7 Å². The number of hydrogen-bond donors (Lipinski definition) is 4. The van der Waals surface area contributed by atoms with Crippen LogP contribution in [0, 0.1) is 0 Å². The summed E-state index contributed by atoms with van der Waals surface area (Å²) < 4.78 is 0. The molecule has 5 N–H and O–H groups in total. The average Bonchev–Trinajstić information content (AvgIpc) is 3.01. The minimum Gasteiger partial charge on any atom is -0.481 e. The van der Waals surface area contributed by atoms with Crippen molar-refractivity contribution in [2.24, 2.45) is 5.73 Å². The van der Waals surface area contributed by atoms with Crippen LogP contribution in [0.25, 0.3) is 0 Å². The lowest BCUT2D eigenvalue weighted by Crippen LogP contribution is -2.37. The maximum absolute atomic E-state index is 12.4. The van der Waals surface area contributed by atoms with E-state index in [9.17, 15) is 14.4 Å². The lowest BCUT2D eigenvalue weighted by atomic mass is 10.1. The number of benzene rings is 1. The second kappa shape index (κ2) is 7.08. The van der Waals surface area contributed by atoms with Crippen LogP contribution in [-0.2, 0) is 9.59 Å². The van der Waals surface area contributed by atoms with Gasteiger partial charge in [-0.25, -0.2) is 0 Å². The number of halogens is 1. The van der Waals surface area contributed by atoms with E-state index in [1.54, 1.807) is 18.3 Å². The Kier molecular flexibility index (Phi) is 5.15. The zero-order chi connectivity index (χ0) is 17.0. The number of anilines is 1. The number of amides is 1. The first-order valence-electron chi connectivity index (χ1n) is 6.64. The predicted octanol–water partition coefficient (Wildman–Crippen LogP) is 1.64. The van der Waals surface area contributed by atoms with E-state index < -0.39 is 24.3 Å². The van der Waals surface area contributed by atoms with Gasteiger partial charge in [-0.3, -0.25) is 14.4 Å². The molecule has 1 aromatic heterocycles. The number of aromatic nitrogens is 1. The van der Waals surface area contributed by atoms with Gasteiger partial charge in [0, 0.05) is 16.8 Å². The molecule has 0 bridgehead atoms. The Balaban J connectivity index is 2.27. The van der Waals surface area contributed by atoms with Crippen molar-refractivity contribution < 1.29 is 19.5 Å². The minimum absolute atomic E-state index is 0.177. The Morgan fingerprint density at radius 2 is 2.04 bits per heavy atom. The van der Waals surface area contributed by atoms with Crippen LogP contribution in [0.2, 0.25) is 5.02 Å². The topological polar surface area (TPSA) is 125 Å². The summed E-state index contributed by atoms with van der Waals surface area (Å²) in [7, 11) is 0. The highest BCUT2D eigenvalue weighted by Gasteiger charge is 2.21. The van der Waals surface area contributed by atoms with Crippen molar-refractivity contribution in [2.45, 2.75) is 12.5 Å². The molecule has 1 atom stereocenters. The van der Waals surface area contributed by atoms with Crippen LogP contribution in [0.1, 0.15) is 22.5 Å². The molecule has 0 unspecified atom stereocenters. The number of aliphatic carboxylic acids is 1. The van der Waals surface area contributed by atoms with E-state index in [1.807, 2.05) is 0 Å². The van der Waals surface area contributed by atoms with E-state index in [1.165, 1.54) is 18.2 Å². The maximum atomic E-state index is 12.4. The van der Waals surface area contributed by atoms with Gasteiger partial charge in [-0.2, -0.15) is 0 Å². The fourth-order valence-electron chi connectivity index (χ4n) is 1.94. The third kappa shape index (κ3) is 4.18. The van der Waals surface area contributed by atoms with Gasteiger partial charge in [0.25, 0.3) is 0 Å².